The highest BCUT2D eigenvalue weighted by atomic mass is 32.1. The van der Waals surface area contributed by atoms with Crippen LogP contribution in [-0.2, 0) is 0 Å². The molecule has 2 fully saturated rings. The number of nitrogens with zero attached hydrogens (tertiary/aromatic N) is 5. The van der Waals surface area contributed by atoms with E-state index in [1.807, 2.05) is 26.0 Å². The summed E-state index contributed by atoms with van der Waals surface area (Å²) in [6, 6.07) is 12.8. The molecule has 8 heteroatoms. The summed E-state index contributed by atoms with van der Waals surface area (Å²) in [6.07, 6.45) is 9.26. The van der Waals surface area contributed by atoms with E-state index in [0.717, 1.165) is 62.9 Å². The average molecular weight is 478 g/mol. The van der Waals surface area contributed by atoms with Crippen molar-refractivity contribution < 1.29 is 0 Å². The van der Waals surface area contributed by atoms with Crippen molar-refractivity contribution in [3.8, 4) is 0 Å². The third kappa shape index (κ3) is 7.33. The topological polar surface area (TPSA) is 68.7 Å². The van der Waals surface area contributed by atoms with Crippen LogP contribution in [0.1, 0.15) is 42.6 Å². The van der Waals surface area contributed by atoms with Crippen LogP contribution in [0.5, 0.6) is 0 Å². The summed E-state index contributed by atoms with van der Waals surface area (Å²) in [5.41, 5.74) is 3.09. The summed E-state index contributed by atoms with van der Waals surface area (Å²) in [4.78, 5) is 18.6. The van der Waals surface area contributed by atoms with Gasteiger partial charge in [0, 0.05) is 50.2 Å². The van der Waals surface area contributed by atoms with Gasteiger partial charge in [-0.2, -0.15) is 4.99 Å². The highest BCUT2D eigenvalue weighted by Gasteiger charge is 2.22. The van der Waals surface area contributed by atoms with Gasteiger partial charge in [0.25, 0.3) is 0 Å². The highest BCUT2D eigenvalue weighted by Crippen LogP contribution is 2.18. The molecule has 0 bridgehead atoms. The van der Waals surface area contributed by atoms with Crippen LogP contribution in [0.25, 0.3) is 6.08 Å². The molecule has 1 aromatic heterocycles. The normalized spacial score (nSPS) is 17.9. The van der Waals surface area contributed by atoms with Crippen molar-refractivity contribution in [2.75, 3.05) is 38.0 Å². The lowest BCUT2D eigenvalue weighted by Gasteiger charge is -2.36. The Labute approximate surface area is 208 Å². The summed E-state index contributed by atoms with van der Waals surface area (Å²) >= 11 is 5.61. The van der Waals surface area contributed by atoms with Gasteiger partial charge in [-0.3, -0.25) is 10.2 Å². The molecule has 0 radical (unpaired) electrons. The van der Waals surface area contributed by atoms with Crippen LogP contribution in [0.3, 0.4) is 0 Å². The summed E-state index contributed by atoms with van der Waals surface area (Å²) < 4.78 is 0. The van der Waals surface area contributed by atoms with E-state index >= 15 is 0 Å². The molecule has 2 heterocycles. The number of thiocarbonyl (C=S) groups is 1. The number of aromatic nitrogens is 2. The highest BCUT2D eigenvalue weighted by molar-refractivity contribution is 7.80. The Balaban J connectivity index is 1.39. The fraction of sp³-hybridized carbons (Fsp3) is 0.462. The lowest BCUT2D eigenvalue weighted by atomic mass is 10.2. The minimum atomic E-state index is 0.434. The first-order chi connectivity index (χ1) is 16.5. The number of aliphatic imine (C=N–C) groups is 1. The Morgan fingerprint density at radius 3 is 2.41 bits per heavy atom. The van der Waals surface area contributed by atoms with Crippen LogP contribution in [-0.4, -0.2) is 69.6 Å². The second-order valence-corrected chi connectivity index (χ2v) is 9.45. The molecule has 0 unspecified atom stereocenters. The lowest BCUT2D eigenvalue weighted by molar-refractivity contribution is 0.198. The van der Waals surface area contributed by atoms with Crippen molar-refractivity contribution in [3.05, 3.63) is 59.4 Å². The van der Waals surface area contributed by atoms with Gasteiger partial charge in [-0.05, 0) is 50.5 Å². The average Bonchev–Trinajstić information content (AvgIpc) is 3.32. The SMILES string of the molecule is Cc1cc(C)nc(N/C(=N/C(=S)NC2CCCC2)N2CCN(C/C=C/c3ccccc3)CC2)n1. The maximum Gasteiger partial charge on any atom is 0.229 e. The molecular weight excluding hydrogens is 442 g/mol. The van der Waals surface area contributed by atoms with E-state index in [0.29, 0.717) is 17.1 Å². The van der Waals surface area contributed by atoms with Crippen molar-refractivity contribution in [2.45, 2.75) is 45.6 Å². The monoisotopic (exact) mass is 477 g/mol. The van der Waals surface area contributed by atoms with Crippen molar-refractivity contribution in [1.82, 2.24) is 25.1 Å². The number of piperazine rings is 1. The molecule has 1 saturated carbocycles. The van der Waals surface area contributed by atoms with Gasteiger partial charge in [0.15, 0.2) is 5.11 Å². The maximum absolute atomic E-state index is 5.61. The molecule has 4 rings (SSSR count). The van der Waals surface area contributed by atoms with E-state index in [2.05, 4.69) is 66.8 Å². The third-order valence-electron chi connectivity index (χ3n) is 6.24. The molecule has 2 N–H and O–H groups in total. The van der Waals surface area contributed by atoms with Crippen LogP contribution >= 0.6 is 12.2 Å². The summed E-state index contributed by atoms with van der Waals surface area (Å²) in [5, 5.41) is 7.32. The molecule has 1 aliphatic heterocycles. The van der Waals surface area contributed by atoms with Gasteiger partial charge in [-0.25, -0.2) is 9.97 Å². The van der Waals surface area contributed by atoms with E-state index in [1.54, 1.807) is 0 Å². The molecule has 7 nitrogen and oxygen atoms in total. The summed E-state index contributed by atoms with van der Waals surface area (Å²) in [6.45, 7) is 8.52. The number of rotatable bonds is 5. The predicted octanol–water partition coefficient (Wildman–Crippen LogP) is 4.01. The summed E-state index contributed by atoms with van der Waals surface area (Å²) in [7, 11) is 0. The van der Waals surface area contributed by atoms with Crippen LogP contribution < -0.4 is 10.6 Å². The van der Waals surface area contributed by atoms with Gasteiger partial charge in [0.1, 0.15) is 0 Å². The van der Waals surface area contributed by atoms with Crippen LogP contribution in [0.15, 0.2) is 47.5 Å². The minimum Gasteiger partial charge on any atom is -0.358 e. The second-order valence-electron chi connectivity index (χ2n) is 9.07. The molecule has 1 aromatic carbocycles. The fourth-order valence-electron chi connectivity index (χ4n) is 4.48. The van der Waals surface area contributed by atoms with Crippen LogP contribution in [0, 0.1) is 13.8 Å². The van der Waals surface area contributed by atoms with Crippen LogP contribution in [0.2, 0.25) is 0 Å². The molecule has 0 atom stereocenters. The van der Waals surface area contributed by atoms with E-state index in [1.165, 1.54) is 18.4 Å². The zero-order chi connectivity index (χ0) is 23.8. The molecule has 0 spiro atoms. The first kappa shape index (κ1) is 24.3. The lowest BCUT2D eigenvalue weighted by Crippen LogP contribution is -2.51. The van der Waals surface area contributed by atoms with Gasteiger partial charge in [-0.15, -0.1) is 0 Å². The largest absolute Gasteiger partial charge is 0.358 e. The number of guanidine groups is 1. The standard InChI is InChI=1S/C26H35N7S/c1-20-19-21(2)28-24(27-20)30-25(31-26(34)29-23-12-6-7-13-23)33-17-15-32(16-18-33)14-8-11-22-9-4-3-5-10-22/h3-5,8-11,19,23H,6-7,12-18H2,1-2H3,(H2,27,28,29,30,31,34)/b11-8+. The number of hydrogen-bond acceptors (Lipinski definition) is 4. The molecule has 1 aliphatic carbocycles. The van der Waals surface area contributed by atoms with Crippen molar-refractivity contribution in [3.63, 3.8) is 0 Å². The van der Waals surface area contributed by atoms with E-state index in [9.17, 15) is 0 Å². The van der Waals surface area contributed by atoms with Gasteiger partial charge in [0.05, 0.1) is 0 Å². The molecule has 1 saturated heterocycles. The maximum atomic E-state index is 5.61. The molecule has 180 valence electrons. The predicted molar refractivity (Wildman–Crippen MR) is 144 cm³/mol. The first-order valence-corrected chi connectivity index (χ1v) is 12.6. The molecular formula is C26H35N7S. The van der Waals surface area contributed by atoms with E-state index in [4.69, 9.17) is 17.2 Å². The number of nitrogens with one attached hydrogen (secondary N) is 2. The molecule has 2 aromatic rings. The quantitative estimate of drug-likeness (QED) is 0.383. The Morgan fingerprint density at radius 2 is 1.74 bits per heavy atom. The Hall–Kier alpha value is -2.84. The number of anilines is 1. The zero-order valence-corrected chi connectivity index (χ0v) is 21.0. The number of aryl methyl sites for hydroxylation is 2. The van der Waals surface area contributed by atoms with Gasteiger partial charge in [-0.1, -0.05) is 55.3 Å². The second kappa shape index (κ2) is 12.0. The van der Waals surface area contributed by atoms with Gasteiger partial charge >= 0.3 is 0 Å². The molecule has 34 heavy (non-hydrogen) atoms. The van der Waals surface area contributed by atoms with Gasteiger partial charge < -0.3 is 10.2 Å². The molecule has 2 aliphatic rings. The van der Waals surface area contributed by atoms with Gasteiger partial charge in [0.2, 0.25) is 11.9 Å². The van der Waals surface area contributed by atoms with Crippen molar-refractivity contribution in [1.29, 1.82) is 0 Å². The van der Waals surface area contributed by atoms with Crippen LogP contribution in [0.4, 0.5) is 5.95 Å². The smallest absolute Gasteiger partial charge is 0.229 e. The first-order valence-electron chi connectivity index (χ1n) is 12.2. The minimum absolute atomic E-state index is 0.434. The summed E-state index contributed by atoms with van der Waals surface area (Å²) in [5.74, 6) is 1.29. The Kier molecular flexibility index (Phi) is 8.60. The number of benzene rings is 1. The number of hydrogen-bond donors (Lipinski definition) is 2. The zero-order valence-electron chi connectivity index (χ0n) is 20.2. The Morgan fingerprint density at radius 1 is 1.06 bits per heavy atom. The van der Waals surface area contributed by atoms with Crippen molar-refractivity contribution in [2.24, 2.45) is 4.99 Å². The Bertz CT molecular complexity index is 987. The fourth-order valence-corrected chi connectivity index (χ4v) is 4.73. The van der Waals surface area contributed by atoms with Crippen molar-refractivity contribution >= 4 is 35.3 Å². The molecule has 0 amide bonds. The van der Waals surface area contributed by atoms with E-state index in [-0.39, 0.29) is 0 Å². The van der Waals surface area contributed by atoms with E-state index < -0.39 is 0 Å². The third-order valence-corrected chi connectivity index (χ3v) is 6.45.